The van der Waals surface area contributed by atoms with Crippen molar-refractivity contribution in [3.8, 4) is 0 Å². The molecule has 1 amide bonds. The van der Waals surface area contributed by atoms with Crippen LogP contribution in [-0.2, 0) is 11.3 Å². The number of anilines is 1. The van der Waals surface area contributed by atoms with Gasteiger partial charge in [-0.15, -0.1) is 10.2 Å². The van der Waals surface area contributed by atoms with Crippen LogP contribution in [0, 0.1) is 13.8 Å². The molecule has 148 valence electrons. The minimum atomic E-state index is -0.425. The molecular weight excluding hydrogens is 394 g/mol. The van der Waals surface area contributed by atoms with E-state index in [1.54, 1.807) is 29.1 Å². The molecule has 0 saturated heterocycles. The Labute approximate surface area is 169 Å². The van der Waals surface area contributed by atoms with Crippen molar-refractivity contribution in [2.45, 2.75) is 25.6 Å². The SMILES string of the molecule is Cc1cc(=O)oc2cc(NC(=O)CSc3nnc(Cn4nccc4C)o3)ccc12. The highest BCUT2D eigenvalue weighted by Gasteiger charge is 2.12. The molecule has 0 unspecified atom stereocenters. The largest absolute Gasteiger partial charge is 0.423 e. The number of hydrogen-bond acceptors (Lipinski definition) is 8. The molecule has 3 aromatic heterocycles. The maximum absolute atomic E-state index is 12.2. The van der Waals surface area contributed by atoms with Gasteiger partial charge in [0.05, 0.1) is 5.75 Å². The number of aromatic nitrogens is 4. The fourth-order valence-electron chi connectivity index (χ4n) is 2.78. The fraction of sp³-hybridized carbons (Fsp3) is 0.211. The molecule has 10 heteroatoms. The van der Waals surface area contributed by atoms with Gasteiger partial charge in [-0.1, -0.05) is 11.8 Å². The van der Waals surface area contributed by atoms with Gasteiger partial charge in [0.25, 0.3) is 5.22 Å². The molecule has 4 aromatic rings. The summed E-state index contributed by atoms with van der Waals surface area (Å²) in [4.78, 5) is 23.8. The van der Waals surface area contributed by atoms with Crippen LogP contribution in [0.2, 0.25) is 0 Å². The van der Waals surface area contributed by atoms with Gasteiger partial charge in [-0.3, -0.25) is 9.48 Å². The van der Waals surface area contributed by atoms with Gasteiger partial charge in [0.1, 0.15) is 12.1 Å². The van der Waals surface area contributed by atoms with Crippen LogP contribution in [-0.4, -0.2) is 31.6 Å². The number of aryl methyl sites for hydroxylation is 2. The molecule has 3 heterocycles. The number of carbonyl (C=O) groups excluding carboxylic acids is 1. The lowest BCUT2D eigenvalue weighted by Crippen LogP contribution is -2.14. The summed E-state index contributed by atoms with van der Waals surface area (Å²) < 4.78 is 12.5. The van der Waals surface area contributed by atoms with E-state index in [-0.39, 0.29) is 11.7 Å². The fourth-order valence-corrected chi connectivity index (χ4v) is 3.36. The number of thioether (sulfide) groups is 1. The van der Waals surface area contributed by atoms with E-state index in [0.717, 1.165) is 28.4 Å². The van der Waals surface area contributed by atoms with Gasteiger partial charge in [0, 0.05) is 35.1 Å². The van der Waals surface area contributed by atoms with Crippen LogP contribution < -0.4 is 10.9 Å². The Morgan fingerprint density at radius 1 is 1.17 bits per heavy atom. The summed E-state index contributed by atoms with van der Waals surface area (Å²) in [6.07, 6.45) is 1.70. The van der Waals surface area contributed by atoms with Crippen molar-refractivity contribution in [2.75, 3.05) is 11.1 Å². The summed E-state index contributed by atoms with van der Waals surface area (Å²) in [5, 5.41) is 16.0. The number of fused-ring (bicyclic) bond motifs is 1. The summed E-state index contributed by atoms with van der Waals surface area (Å²) in [7, 11) is 0. The number of nitrogens with zero attached hydrogens (tertiary/aromatic N) is 4. The third-order valence-corrected chi connectivity index (χ3v) is 5.04. The van der Waals surface area contributed by atoms with Gasteiger partial charge in [-0.05, 0) is 37.6 Å². The zero-order valence-electron chi connectivity index (χ0n) is 15.7. The highest BCUT2D eigenvalue weighted by molar-refractivity contribution is 7.99. The van der Waals surface area contributed by atoms with Crippen molar-refractivity contribution in [3.05, 3.63) is 64.1 Å². The van der Waals surface area contributed by atoms with Crippen molar-refractivity contribution in [2.24, 2.45) is 0 Å². The highest BCUT2D eigenvalue weighted by atomic mass is 32.2. The molecule has 0 saturated carbocycles. The number of nitrogens with one attached hydrogen (secondary N) is 1. The summed E-state index contributed by atoms with van der Waals surface area (Å²) in [5.41, 5.74) is 2.35. The van der Waals surface area contributed by atoms with Gasteiger partial charge in [0.15, 0.2) is 0 Å². The molecule has 0 bridgehead atoms. The minimum Gasteiger partial charge on any atom is -0.423 e. The Morgan fingerprint density at radius 3 is 2.83 bits per heavy atom. The van der Waals surface area contributed by atoms with Crippen LogP contribution in [0.25, 0.3) is 11.0 Å². The molecule has 9 nitrogen and oxygen atoms in total. The molecular formula is C19H17N5O4S. The first-order valence-corrected chi connectivity index (χ1v) is 9.74. The second-order valence-corrected chi connectivity index (χ2v) is 7.31. The molecule has 0 atom stereocenters. The lowest BCUT2D eigenvalue weighted by molar-refractivity contribution is -0.113. The van der Waals surface area contributed by atoms with Gasteiger partial charge in [-0.2, -0.15) is 5.10 Å². The van der Waals surface area contributed by atoms with Gasteiger partial charge in [0.2, 0.25) is 11.8 Å². The second-order valence-electron chi connectivity index (χ2n) is 6.39. The molecule has 0 spiro atoms. The smallest absolute Gasteiger partial charge is 0.336 e. The van der Waals surface area contributed by atoms with E-state index in [2.05, 4.69) is 20.6 Å². The number of rotatable bonds is 6. The van der Waals surface area contributed by atoms with Crippen LogP contribution in [0.15, 0.2) is 55.4 Å². The van der Waals surface area contributed by atoms with E-state index < -0.39 is 5.63 Å². The molecule has 0 aliphatic carbocycles. The Morgan fingerprint density at radius 2 is 2.03 bits per heavy atom. The van der Waals surface area contributed by atoms with Crippen molar-refractivity contribution in [1.82, 2.24) is 20.0 Å². The monoisotopic (exact) mass is 411 g/mol. The van der Waals surface area contributed by atoms with Gasteiger partial charge >= 0.3 is 5.63 Å². The average Bonchev–Trinajstić information content (AvgIpc) is 3.29. The van der Waals surface area contributed by atoms with Crippen molar-refractivity contribution in [3.63, 3.8) is 0 Å². The second kappa shape index (κ2) is 7.92. The lowest BCUT2D eigenvalue weighted by atomic mass is 10.1. The van der Waals surface area contributed by atoms with Crippen LogP contribution in [0.1, 0.15) is 17.1 Å². The normalized spacial score (nSPS) is 11.1. The zero-order chi connectivity index (χ0) is 20.4. The Hall–Kier alpha value is -3.40. The lowest BCUT2D eigenvalue weighted by Gasteiger charge is -2.06. The van der Waals surface area contributed by atoms with Crippen molar-refractivity contribution < 1.29 is 13.6 Å². The molecule has 1 N–H and O–H groups in total. The van der Waals surface area contributed by atoms with Crippen LogP contribution in [0.4, 0.5) is 5.69 Å². The third-order valence-electron chi connectivity index (χ3n) is 4.22. The first-order chi connectivity index (χ1) is 14.0. The quantitative estimate of drug-likeness (QED) is 0.380. The first-order valence-electron chi connectivity index (χ1n) is 8.76. The molecule has 0 radical (unpaired) electrons. The predicted molar refractivity (Wildman–Crippen MR) is 107 cm³/mol. The number of amides is 1. The summed E-state index contributed by atoms with van der Waals surface area (Å²) in [5.74, 6) is 0.268. The van der Waals surface area contributed by atoms with Crippen molar-refractivity contribution in [1.29, 1.82) is 0 Å². The molecule has 4 rings (SSSR count). The molecule has 0 aliphatic heterocycles. The molecule has 0 fully saturated rings. The van der Waals surface area contributed by atoms with E-state index in [1.165, 1.54) is 6.07 Å². The van der Waals surface area contributed by atoms with Crippen molar-refractivity contribution >= 4 is 34.3 Å². The van der Waals surface area contributed by atoms with Crippen LogP contribution in [0.3, 0.4) is 0 Å². The standard InChI is InChI=1S/C19H17N5O4S/c1-11-7-18(26)27-15-8-13(3-4-14(11)15)21-16(25)10-29-19-23-22-17(28-19)9-24-12(2)5-6-20-24/h3-8H,9-10H2,1-2H3,(H,21,25). The van der Waals surface area contributed by atoms with E-state index in [4.69, 9.17) is 8.83 Å². The highest BCUT2D eigenvalue weighted by Crippen LogP contribution is 2.22. The molecule has 29 heavy (non-hydrogen) atoms. The van der Waals surface area contributed by atoms with E-state index in [1.807, 2.05) is 19.9 Å². The zero-order valence-corrected chi connectivity index (χ0v) is 16.5. The first kappa shape index (κ1) is 18.9. The molecule has 0 aliphatic rings. The number of carbonyl (C=O) groups is 1. The summed E-state index contributed by atoms with van der Waals surface area (Å²) >= 11 is 1.14. The van der Waals surface area contributed by atoms with Gasteiger partial charge < -0.3 is 14.2 Å². The maximum Gasteiger partial charge on any atom is 0.336 e. The van der Waals surface area contributed by atoms with Gasteiger partial charge in [-0.25, -0.2) is 4.79 Å². The summed E-state index contributed by atoms with van der Waals surface area (Å²) in [6, 6.07) is 8.51. The van der Waals surface area contributed by atoms with Crippen LogP contribution in [0.5, 0.6) is 0 Å². The Balaban J connectivity index is 1.36. The Bertz CT molecular complexity index is 1240. The third kappa shape index (κ3) is 4.37. The number of hydrogen-bond donors (Lipinski definition) is 1. The van der Waals surface area contributed by atoms with E-state index in [0.29, 0.717) is 28.9 Å². The number of benzene rings is 1. The predicted octanol–water partition coefficient (Wildman–Crippen LogP) is 2.77. The van der Waals surface area contributed by atoms with Crippen LogP contribution >= 0.6 is 11.8 Å². The molecule has 1 aromatic carbocycles. The minimum absolute atomic E-state index is 0.0955. The summed E-state index contributed by atoms with van der Waals surface area (Å²) in [6.45, 7) is 4.14. The topological polar surface area (TPSA) is 116 Å². The van der Waals surface area contributed by atoms with E-state index >= 15 is 0 Å². The van der Waals surface area contributed by atoms with E-state index in [9.17, 15) is 9.59 Å². The Kier molecular flexibility index (Phi) is 5.17. The maximum atomic E-state index is 12.2. The average molecular weight is 411 g/mol.